The normalized spacial score (nSPS) is 18.8. The van der Waals surface area contributed by atoms with Gasteiger partial charge in [-0.15, -0.1) is 0 Å². The molecule has 1 saturated heterocycles. The Balaban J connectivity index is 1.56. The highest BCUT2D eigenvalue weighted by molar-refractivity contribution is 6.35. The number of hydrogen-bond donors (Lipinski definition) is 1. The zero-order chi connectivity index (χ0) is 20.5. The second-order valence-electron chi connectivity index (χ2n) is 6.88. The van der Waals surface area contributed by atoms with Crippen LogP contribution in [0, 0.1) is 12.8 Å². The quantitative estimate of drug-likeness (QED) is 0.636. The lowest BCUT2D eigenvalue weighted by atomic mass is 9.99. The molecule has 1 fully saturated rings. The summed E-state index contributed by atoms with van der Waals surface area (Å²) in [6.07, 6.45) is 0. The van der Waals surface area contributed by atoms with Crippen molar-refractivity contribution in [2.45, 2.75) is 20.4 Å². The number of barbiturate groups is 1. The summed E-state index contributed by atoms with van der Waals surface area (Å²) < 4.78 is 10.6. The topological polar surface area (TPSA) is 97.3 Å². The molecule has 1 N–H and O–H groups in total. The van der Waals surface area contributed by atoms with E-state index >= 15 is 0 Å². The first-order chi connectivity index (χ1) is 13.9. The highest BCUT2D eigenvalue weighted by Gasteiger charge is 2.42. The molecule has 0 saturated carbocycles. The molecular weight excluding hydrogens is 374 g/mol. The summed E-state index contributed by atoms with van der Waals surface area (Å²) >= 11 is 0. The molecular formula is C21H19N3O5. The molecule has 0 unspecified atom stereocenters. The lowest BCUT2D eigenvalue weighted by Crippen LogP contribution is -2.60. The van der Waals surface area contributed by atoms with Gasteiger partial charge in [0.2, 0.25) is 12.7 Å². The van der Waals surface area contributed by atoms with Crippen molar-refractivity contribution in [1.82, 2.24) is 5.32 Å². The van der Waals surface area contributed by atoms with E-state index in [4.69, 9.17) is 9.47 Å². The van der Waals surface area contributed by atoms with Gasteiger partial charge in [0, 0.05) is 5.71 Å². The lowest BCUT2D eigenvalue weighted by Gasteiger charge is -2.30. The van der Waals surface area contributed by atoms with Crippen molar-refractivity contribution in [3.8, 4) is 11.5 Å². The SMILES string of the molecule is CC(=NCc1ccc2c(c1)OCO2)[C@H]1C(=O)NC(=O)N(c2ccc(C)cc2)C1=O. The van der Waals surface area contributed by atoms with E-state index in [2.05, 4.69) is 10.3 Å². The highest BCUT2D eigenvalue weighted by Crippen LogP contribution is 2.32. The van der Waals surface area contributed by atoms with E-state index in [0.29, 0.717) is 22.9 Å². The fourth-order valence-electron chi connectivity index (χ4n) is 3.23. The summed E-state index contributed by atoms with van der Waals surface area (Å²) in [5.41, 5.74) is 2.57. The van der Waals surface area contributed by atoms with Gasteiger partial charge in [0.1, 0.15) is 0 Å². The highest BCUT2D eigenvalue weighted by atomic mass is 16.7. The molecule has 148 valence electrons. The molecule has 4 rings (SSSR count). The molecule has 29 heavy (non-hydrogen) atoms. The maximum atomic E-state index is 13.0. The number of benzene rings is 2. The zero-order valence-corrected chi connectivity index (χ0v) is 16.0. The van der Waals surface area contributed by atoms with Gasteiger partial charge in [0.05, 0.1) is 12.2 Å². The average Bonchev–Trinajstić information content (AvgIpc) is 3.15. The number of anilines is 1. The summed E-state index contributed by atoms with van der Waals surface area (Å²) in [5.74, 6) is -1.14. The van der Waals surface area contributed by atoms with Crippen LogP contribution in [-0.4, -0.2) is 30.4 Å². The summed E-state index contributed by atoms with van der Waals surface area (Å²) in [7, 11) is 0. The Hall–Kier alpha value is -3.68. The van der Waals surface area contributed by atoms with Gasteiger partial charge < -0.3 is 9.47 Å². The van der Waals surface area contributed by atoms with E-state index in [-0.39, 0.29) is 13.3 Å². The number of rotatable bonds is 4. The van der Waals surface area contributed by atoms with Crippen molar-refractivity contribution in [3.63, 3.8) is 0 Å². The van der Waals surface area contributed by atoms with E-state index in [1.807, 2.05) is 19.1 Å². The Labute approximate surface area is 167 Å². The van der Waals surface area contributed by atoms with Crippen LogP contribution in [-0.2, 0) is 16.1 Å². The molecule has 2 heterocycles. The summed E-state index contributed by atoms with van der Waals surface area (Å²) in [6, 6.07) is 11.6. The van der Waals surface area contributed by atoms with Crippen LogP contribution in [0.1, 0.15) is 18.1 Å². The monoisotopic (exact) mass is 393 g/mol. The molecule has 0 aromatic heterocycles. The van der Waals surface area contributed by atoms with Gasteiger partial charge in [-0.05, 0) is 43.7 Å². The Morgan fingerprint density at radius 3 is 2.59 bits per heavy atom. The van der Waals surface area contributed by atoms with Crippen LogP contribution in [0.15, 0.2) is 47.5 Å². The molecule has 0 radical (unpaired) electrons. The zero-order valence-electron chi connectivity index (χ0n) is 16.0. The van der Waals surface area contributed by atoms with E-state index in [9.17, 15) is 14.4 Å². The smallest absolute Gasteiger partial charge is 0.335 e. The number of aryl methyl sites for hydroxylation is 1. The van der Waals surface area contributed by atoms with Crippen LogP contribution < -0.4 is 19.7 Å². The molecule has 8 nitrogen and oxygen atoms in total. The predicted molar refractivity (Wildman–Crippen MR) is 105 cm³/mol. The lowest BCUT2D eigenvalue weighted by molar-refractivity contribution is -0.131. The first-order valence-corrected chi connectivity index (χ1v) is 9.09. The van der Waals surface area contributed by atoms with Crippen molar-refractivity contribution in [2.24, 2.45) is 10.9 Å². The summed E-state index contributed by atoms with van der Waals surface area (Å²) in [5, 5.41) is 2.25. The van der Waals surface area contributed by atoms with Gasteiger partial charge in [-0.3, -0.25) is 19.9 Å². The molecule has 4 amide bonds. The molecule has 0 spiro atoms. The third kappa shape index (κ3) is 3.56. The number of imide groups is 2. The van der Waals surface area contributed by atoms with Crippen LogP contribution in [0.4, 0.5) is 10.5 Å². The second kappa shape index (κ2) is 7.38. The maximum Gasteiger partial charge on any atom is 0.335 e. The number of carbonyl (C=O) groups excluding carboxylic acids is 3. The Morgan fingerprint density at radius 1 is 1.10 bits per heavy atom. The number of urea groups is 1. The number of carbonyl (C=O) groups is 3. The number of nitrogens with zero attached hydrogens (tertiary/aromatic N) is 2. The standard InChI is InChI=1S/C21H19N3O5/c1-12-3-6-15(7-4-12)24-20(26)18(19(25)23-21(24)27)13(2)22-10-14-5-8-16-17(9-14)29-11-28-16/h3-9,18H,10-11H2,1-2H3,(H,23,25,27)/t18-/m0/s1. The molecule has 1 atom stereocenters. The Morgan fingerprint density at radius 2 is 1.83 bits per heavy atom. The third-order valence-electron chi connectivity index (χ3n) is 4.82. The van der Waals surface area contributed by atoms with E-state index in [1.54, 1.807) is 37.3 Å². The number of fused-ring (bicyclic) bond motifs is 1. The molecule has 8 heteroatoms. The maximum absolute atomic E-state index is 13.0. The Bertz CT molecular complexity index is 1030. The van der Waals surface area contributed by atoms with Gasteiger partial charge in [0.15, 0.2) is 17.4 Å². The van der Waals surface area contributed by atoms with Gasteiger partial charge in [-0.25, -0.2) is 9.69 Å². The van der Waals surface area contributed by atoms with Crippen molar-refractivity contribution >= 4 is 29.2 Å². The minimum absolute atomic E-state index is 0.181. The molecule has 2 aromatic rings. The number of hydrogen-bond acceptors (Lipinski definition) is 6. The molecule has 0 aliphatic carbocycles. The van der Waals surface area contributed by atoms with Crippen molar-refractivity contribution in [1.29, 1.82) is 0 Å². The summed E-state index contributed by atoms with van der Waals surface area (Å²) in [4.78, 5) is 43.0. The predicted octanol–water partition coefficient (Wildman–Crippen LogP) is 2.58. The molecule has 2 aliphatic rings. The molecule has 2 aromatic carbocycles. The number of nitrogens with one attached hydrogen (secondary N) is 1. The summed E-state index contributed by atoms with van der Waals surface area (Å²) in [6.45, 7) is 3.96. The van der Waals surface area contributed by atoms with E-state index in [0.717, 1.165) is 16.0 Å². The fraction of sp³-hybridized carbons (Fsp3) is 0.238. The van der Waals surface area contributed by atoms with Crippen LogP contribution in [0.25, 0.3) is 0 Å². The van der Waals surface area contributed by atoms with Crippen LogP contribution >= 0.6 is 0 Å². The van der Waals surface area contributed by atoms with E-state index < -0.39 is 23.8 Å². The molecule has 0 bridgehead atoms. The van der Waals surface area contributed by atoms with Gasteiger partial charge in [-0.1, -0.05) is 23.8 Å². The minimum atomic E-state index is -1.16. The van der Waals surface area contributed by atoms with Gasteiger partial charge in [-0.2, -0.15) is 0 Å². The minimum Gasteiger partial charge on any atom is -0.454 e. The van der Waals surface area contributed by atoms with Gasteiger partial charge >= 0.3 is 6.03 Å². The van der Waals surface area contributed by atoms with Crippen molar-refractivity contribution < 1.29 is 23.9 Å². The second-order valence-corrected chi connectivity index (χ2v) is 6.88. The third-order valence-corrected chi connectivity index (χ3v) is 4.82. The van der Waals surface area contributed by atoms with Gasteiger partial charge in [0.25, 0.3) is 5.91 Å². The fourth-order valence-corrected chi connectivity index (χ4v) is 3.23. The number of amides is 4. The number of aliphatic imine (C=N–C) groups is 1. The van der Waals surface area contributed by atoms with Crippen LogP contribution in [0.5, 0.6) is 11.5 Å². The first-order valence-electron chi connectivity index (χ1n) is 9.09. The average molecular weight is 393 g/mol. The van der Waals surface area contributed by atoms with Crippen LogP contribution in [0.2, 0.25) is 0 Å². The number of ether oxygens (including phenoxy) is 2. The van der Waals surface area contributed by atoms with E-state index in [1.165, 1.54) is 0 Å². The Kier molecular flexibility index (Phi) is 4.75. The van der Waals surface area contributed by atoms with Crippen LogP contribution in [0.3, 0.4) is 0 Å². The first kappa shape index (κ1) is 18.7. The molecule has 2 aliphatic heterocycles. The van der Waals surface area contributed by atoms with Crippen molar-refractivity contribution in [3.05, 3.63) is 53.6 Å². The van der Waals surface area contributed by atoms with Crippen molar-refractivity contribution in [2.75, 3.05) is 11.7 Å². The largest absolute Gasteiger partial charge is 0.454 e.